The molecule has 0 amide bonds. The minimum absolute atomic E-state index is 0.614. The van der Waals surface area contributed by atoms with Gasteiger partial charge in [-0.05, 0) is 32.4 Å². The van der Waals surface area contributed by atoms with Crippen molar-refractivity contribution in [2.24, 2.45) is 5.73 Å². The largest absolute Gasteiger partial charge is 0.361 e. The molecule has 3 nitrogen and oxygen atoms in total. The molecule has 66 valence electrons. The van der Waals surface area contributed by atoms with Gasteiger partial charge in [-0.2, -0.15) is 0 Å². The van der Waals surface area contributed by atoms with Gasteiger partial charge in [0.2, 0.25) is 0 Å². The highest BCUT2D eigenvalue weighted by Gasteiger charge is 2.10. The van der Waals surface area contributed by atoms with Gasteiger partial charge in [0, 0.05) is 5.56 Å². The smallest absolute Gasteiger partial charge is 0.141 e. The van der Waals surface area contributed by atoms with Crippen molar-refractivity contribution in [3.63, 3.8) is 0 Å². The molecule has 1 heterocycles. The van der Waals surface area contributed by atoms with E-state index in [1.807, 2.05) is 13.8 Å². The van der Waals surface area contributed by atoms with E-state index in [4.69, 9.17) is 10.3 Å². The van der Waals surface area contributed by atoms with E-state index in [0.717, 1.165) is 29.0 Å². The van der Waals surface area contributed by atoms with E-state index < -0.39 is 0 Å². The number of hydrogen-bond donors (Lipinski definition) is 1. The average molecular weight is 166 g/mol. The van der Waals surface area contributed by atoms with Crippen molar-refractivity contribution < 1.29 is 4.52 Å². The Morgan fingerprint density at radius 2 is 2.25 bits per heavy atom. The first-order chi connectivity index (χ1) is 5.66. The van der Waals surface area contributed by atoms with E-state index in [1.165, 1.54) is 0 Å². The summed E-state index contributed by atoms with van der Waals surface area (Å²) in [7, 11) is 0. The van der Waals surface area contributed by atoms with Crippen LogP contribution in [0.3, 0.4) is 0 Å². The molecule has 0 fully saturated rings. The predicted molar refractivity (Wildman–Crippen MR) is 48.7 cm³/mol. The third kappa shape index (κ3) is 1.56. The SMILES string of the molecule is C=C(CCN)c1c(C)noc1C. The first-order valence-electron chi connectivity index (χ1n) is 3.98. The quantitative estimate of drug-likeness (QED) is 0.742. The van der Waals surface area contributed by atoms with Crippen LogP contribution in [-0.4, -0.2) is 11.7 Å². The van der Waals surface area contributed by atoms with Crippen LogP contribution in [0.15, 0.2) is 11.1 Å². The molecule has 0 saturated carbocycles. The zero-order valence-electron chi connectivity index (χ0n) is 7.55. The van der Waals surface area contributed by atoms with Crippen molar-refractivity contribution in [2.75, 3.05) is 6.54 Å². The summed E-state index contributed by atoms with van der Waals surface area (Å²) in [6, 6.07) is 0. The van der Waals surface area contributed by atoms with E-state index in [9.17, 15) is 0 Å². The Hall–Kier alpha value is -1.09. The van der Waals surface area contributed by atoms with Crippen LogP contribution in [0.25, 0.3) is 5.57 Å². The Bertz CT molecular complexity index is 269. The summed E-state index contributed by atoms with van der Waals surface area (Å²) in [5, 5.41) is 3.84. The molecule has 3 heteroatoms. The van der Waals surface area contributed by atoms with E-state index in [1.54, 1.807) is 0 Å². The van der Waals surface area contributed by atoms with Gasteiger partial charge in [-0.1, -0.05) is 11.7 Å². The van der Waals surface area contributed by atoms with Crippen molar-refractivity contribution in [2.45, 2.75) is 20.3 Å². The van der Waals surface area contributed by atoms with Crippen LogP contribution >= 0.6 is 0 Å². The molecule has 0 saturated heterocycles. The molecule has 0 bridgehead atoms. The van der Waals surface area contributed by atoms with Crippen LogP contribution in [-0.2, 0) is 0 Å². The molecule has 0 aliphatic heterocycles. The van der Waals surface area contributed by atoms with Crippen molar-refractivity contribution in [1.82, 2.24) is 5.16 Å². The van der Waals surface area contributed by atoms with E-state index in [2.05, 4.69) is 11.7 Å². The lowest BCUT2D eigenvalue weighted by Gasteiger charge is -2.01. The normalized spacial score (nSPS) is 10.2. The maximum Gasteiger partial charge on any atom is 0.141 e. The molecular formula is C9H14N2O. The van der Waals surface area contributed by atoms with Gasteiger partial charge >= 0.3 is 0 Å². The third-order valence-corrected chi connectivity index (χ3v) is 1.83. The van der Waals surface area contributed by atoms with Gasteiger partial charge in [-0.25, -0.2) is 0 Å². The number of nitrogens with zero attached hydrogens (tertiary/aromatic N) is 1. The molecule has 1 rings (SSSR count). The minimum Gasteiger partial charge on any atom is -0.361 e. The number of aromatic nitrogens is 1. The Labute approximate surface area is 72.2 Å². The van der Waals surface area contributed by atoms with Crippen molar-refractivity contribution in [3.05, 3.63) is 23.6 Å². The lowest BCUT2D eigenvalue weighted by Crippen LogP contribution is -2.00. The van der Waals surface area contributed by atoms with Crippen molar-refractivity contribution >= 4 is 5.57 Å². The molecule has 0 atom stereocenters. The summed E-state index contributed by atoms with van der Waals surface area (Å²) in [4.78, 5) is 0. The highest BCUT2D eigenvalue weighted by Crippen LogP contribution is 2.22. The second kappa shape index (κ2) is 3.54. The average Bonchev–Trinajstić information content (AvgIpc) is 2.32. The predicted octanol–water partition coefficient (Wildman–Crippen LogP) is 1.65. The summed E-state index contributed by atoms with van der Waals surface area (Å²) in [5.74, 6) is 0.825. The maximum atomic E-state index is 5.42. The van der Waals surface area contributed by atoms with E-state index in [-0.39, 0.29) is 0 Å². The molecule has 1 aromatic rings. The summed E-state index contributed by atoms with van der Waals surface area (Å²) in [6.07, 6.45) is 0.795. The van der Waals surface area contributed by atoms with Crippen LogP contribution in [0.5, 0.6) is 0 Å². The van der Waals surface area contributed by atoms with Crippen molar-refractivity contribution in [1.29, 1.82) is 0 Å². The summed E-state index contributed by atoms with van der Waals surface area (Å²) < 4.78 is 5.01. The van der Waals surface area contributed by atoms with Crippen LogP contribution in [0.4, 0.5) is 0 Å². The number of hydrogen-bond acceptors (Lipinski definition) is 3. The zero-order chi connectivity index (χ0) is 9.14. The Morgan fingerprint density at radius 3 is 2.67 bits per heavy atom. The zero-order valence-corrected chi connectivity index (χ0v) is 7.55. The van der Waals surface area contributed by atoms with Crippen LogP contribution in [0, 0.1) is 13.8 Å². The van der Waals surface area contributed by atoms with Gasteiger partial charge in [0.25, 0.3) is 0 Å². The second-order valence-corrected chi connectivity index (χ2v) is 2.84. The van der Waals surface area contributed by atoms with Gasteiger partial charge in [0.1, 0.15) is 5.76 Å². The number of rotatable bonds is 3. The topological polar surface area (TPSA) is 52.0 Å². The Morgan fingerprint density at radius 1 is 1.58 bits per heavy atom. The Kier molecular flexibility index (Phi) is 2.65. The number of nitrogens with two attached hydrogens (primary N) is 1. The van der Waals surface area contributed by atoms with Gasteiger partial charge in [0.05, 0.1) is 5.69 Å². The first kappa shape index (κ1) is 9.00. The lowest BCUT2D eigenvalue weighted by molar-refractivity contribution is 0.393. The maximum absolute atomic E-state index is 5.42. The fourth-order valence-corrected chi connectivity index (χ4v) is 1.29. The Balaban J connectivity index is 2.93. The molecular weight excluding hydrogens is 152 g/mol. The van der Waals surface area contributed by atoms with Gasteiger partial charge in [-0.3, -0.25) is 0 Å². The van der Waals surface area contributed by atoms with Crippen LogP contribution < -0.4 is 5.73 Å². The molecule has 1 aromatic heterocycles. The lowest BCUT2D eigenvalue weighted by atomic mass is 10.0. The molecule has 12 heavy (non-hydrogen) atoms. The molecule has 0 aliphatic rings. The van der Waals surface area contributed by atoms with Gasteiger partial charge in [-0.15, -0.1) is 0 Å². The molecule has 2 N–H and O–H groups in total. The summed E-state index contributed by atoms with van der Waals surface area (Å²) >= 11 is 0. The molecule has 0 spiro atoms. The highest BCUT2D eigenvalue weighted by atomic mass is 16.5. The number of aryl methyl sites for hydroxylation is 2. The highest BCUT2D eigenvalue weighted by molar-refractivity contribution is 5.66. The fraction of sp³-hybridized carbons (Fsp3) is 0.444. The van der Waals surface area contributed by atoms with Crippen molar-refractivity contribution in [3.8, 4) is 0 Å². The first-order valence-corrected chi connectivity index (χ1v) is 3.98. The fourth-order valence-electron chi connectivity index (χ4n) is 1.29. The third-order valence-electron chi connectivity index (χ3n) is 1.83. The molecule has 0 aliphatic carbocycles. The van der Waals surface area contributed by atoms with E-state index >= 15 is 0 Å². The monoisotopic (exact) mass is 166 g/mol. The standard InChI is InChI=1S/C9H14N2O/c1-6(4-5-10)9-7(2)11-12-8(9)3/h1,4-5,10H2,2-3H3. The summed E-state index contributed by atoms with van der Waals surface area (Å²) in [6.45, 7) is 8.34. The van der Waals surface area contributed by atoms with Gasteiger partial charge < -0.3 is 10.3 Å². The summed E-state index contributed by atoms with van der Waals surface area (Å²) in [5.41, 5.74) is 8.35. The van der Waals surface area contributed by atoms with Crippen LogP contribution in [0.2, 0.25) is 0 Å². The molecule has 0 aromatic carbocycles. The van der Waals surface area contributed by atoms with Crippen LogP contribution in [0.1, 0.15) is 23.4 Å². The molecule has 0 radical (unpaired) electrons. The van der Waals surface area contributed by atoms with E-state index in [0.29, 0.717) is 6.54 Å². The molecule has 0 unspecified atom stereocenters. The second-order valence-electron chi connectivity index (χ2n) is 2.84. The minimum atomic E-state index is 0.614. The van der Waals surface area contributed by atoms with Gasteiger partial charge in [0.15, 0.2) is 0 Å².